The minimum Gasteiger partial charge on any atom is -0.395 e. The topological polar surface area (TPSA) is 41.3 Å². The van der Waals surface area contributed by atoms with Crippen LogP contribution < -0.4 is 0 Å². The summed E-state index contributed by atoms with van der Waals surface area (Å²) in [4.78, 5) is 2.37. The number of rotatable bonds is 5. The molecule has 2 heterocycles. The molecule has 0 radical (unpaired) electrons. The highest BCUT2D eigenvalue weighted by molar-refractivity contribution is 9.10. The minimum absolute atomic E-state index is 0.262. The van der Waals surface area contributed by atoms with Crippen LogP contribution in [0, 0.1) is 0 Å². The summed E-state index contributed by atoms with van der Waals surface area (Å²) in [7, 11) is 0. The molecule has 1 aromatic heterocycles. The minimum atomic E-state index is 0.262. The second-order valence-corrected chi connectivity index (χ2v) is 5.62. The molecule has 1 unspecified atom stereocenters. The van der Waals surface area contributed by atoms with Crippen LogP contribution in [0.2, 0.25) is 0 Å². The lowest BCUT2D eigenvalue weighted by Crippen LogP contribution is -2.32. The molecule has 0 amide bonds. The van der Waals surface area contributed by atoms with Crippen LogP contribution in [0.4, 0.5) is 0 Å². The molecule has 0 spiro atoms. The van der Waals surface area contributed by atoms with Gasteiger partial charge in [0.1, 0.15) is 0 Å². The predicted molar refractivity (Wildman–Crippen MR) is 75.5 cm³/mol. The molecule has 5 heteroatoms. The van der Waals surface area contributed by atoms with Gasteiger partial charge in [-0.25, -0.2) is 0 Å². The van der Waals surface area contributed by atoms with Gasteiger partial charge in [-0.05, 0) is 48.7 Å². The highest BCUT2D eigenvalue weighted by Gasteiger charge is 2.26. The number of aromatic nitrogens is 2. The average Bonchev–Trinajstić information content (AvgIpc) is 2.95. The van der Waals surface area contributed by atoms with Gasteiger partial charge in [-0.1, -0.05) is 6.92 Å². The van der Waals surface area contributed by atoms with Crippen molar-refractivity contribution in [3.63, 3.8) is 0 Å². The van der Waals surface area contributed by atoms with E-state index in [-0.39, 0.29) is 6.61 Å². The van der Waals surface area contributed by atoms with E-state index in [0.29, 0.717) is 6.04 Å². The summed E-state index contributed by atoms with van der Waals surface area (Å²) in [6.45, 7) is 7.36. The Morgan fingerprint density at radius 1 is 1.44 bits per heavy atom. The van der Waals surface area contributed by atoms with E-state index in [4.69, 9.17) is 0 Å². The van der Waals surface area contributed by atoms with Gasteiger partial charge in [0.15, 0.2) is 0 Å². The maximum Gasteiger partial charge on any atom is 0.0767 e. The Morgan fingerprint density at radius 3 is 2.83 bits per heavy atom. The quantitative estimate of drug-likeness (QED) is 0.905. The number of aliphatic hydroxyl groups is 1. The highest BCUT2D eigenvalue weighted by Crippen LogP contribution is 2.26. The first-order valence-corrected chi connectivity index (χ1v) is 7.59. The van der Waals surface area contributed by atoms with E-state index in [9.17, 15) is 5.11 Å². The van der Waals surface area contributed by atoms with E-state index < -0.39 is 0 Å². The Hall–Kier alpha value is -0.390. The Bertz CT molecular complexity index is 405. The normalized spacial score (nSPS) is 20.8. The summed E-state index contributed by atoms with van der Waals surface area (Å²) in [5.41, 5.74) is 2.38. The molecule has 1 aromatic rings. The summed E-state index contributed by atoms with van der Waals surface area (Å²) >= 11 is 3.68. The van der Waals surface area contributed by atoms with Crippen molar-refractivity contribution in [3.05, 3.63) is 15.9 Å². The fourth-order valence-corrected chi connectivity index (χ4v) is 3.36. The van der Waals surface area contributed by atoms with E-state index in [1.807, 2.05) is 0 Å². The van der Waals surface area contributed by atoms with Crippen molar-refractivity contribution in [2.75, 3.05) is 13.2 Å². The maximum atomic E-state index is 9.39. The van der Waals surface area contributed by atoms with Crippen molar-refractivity contribution >= 4 is 15.9 Å². The summed E-state index contributed by atoms with van der Waals surface area (Å²) in [6, 6.07) is 0.321. The first-order chi connectivity index (χ1) is 8.71. The van der Waals surface area contributed by atoms with Crippen LogP contribution in [0.25, 0.3) is 0 Å². The smallest absolute Gasteiger partial charge is 0.0767 e. The lowest BCUT2D eigenvalue weighted by molar-refractivity contribution is 0.150. The van der Waals surface area contributed by atoms with Crippen LogP contribution in [0.3, 0.4) is 0 Å². The van der Waals surface area contributed by atoms with Gasteiger partial charge in [0, 0.05) is 19.1 Å². The van der Waals surface area contributed by atoms with Crippen molar-refractivity contribution in [2.45, 2.75) is 52.2 Å². The zero-order chi connectivity index (χ0) is 13.1. The second kappa shape index (κ2) is 6.17. The van der Waals surface area contributed by atoms with Crippen molar-refractivity contribution in [2.24, 2.45) is 0 Å². The van der Waals surface area contributed by atoms with E-state index in [1.165, 1.54) is 12.1 Å². The van der Waals surface area contributed by atoms with Crippen molar-refractivity contribution in [1.29, 1.82) is 0 Å². The molecule has 1 atom stereocenters. The first kappa shape index (κ1) is 14.0. The molecule has 0 saturated carbocycles. The van der Waals surface area contributed by atoms with Crippen LogP contribution in [0.5, 0.6) is 0 Å². The van der Waals surface area contributed by atoms with Crippen molar-refractivity contribution in [1.82, 2.24) is 14.7 Å². The Morgan fingerprint density at radius 2 is 2.22 bits per heavy atom. The van der Waals surface area contributed by atoms with Gasteiger partial charge < -0.3 is 5.11 Å². The summed E-state index contributed by atoms with van der Waals surface area (Å²) in [5, 5.41) is 14.0. The number of nitrogens with zero attached hydrogens (tertiary/aromatic N) is 3. The molecule has 0 aliphatic carbocycles. The molecule has 4 nitrogen and oxygen atoms in total. The van der Waals surface area contributed by atoms with Gasteiger partial charge in [0.05, 0.1) is 22.5 Å². The van der Waals surface area contributed by atoms with Crippen LogP contribution in [-0.2, 0) is 19.5 Å². The third kappa shape index (κ3) is 2.63. The number of hydrogen-bond donors (Lipinski definition) is 1. The van der Waals surface area contributed by atoms with Crippen molar-refractivity contribution < 1.29 is 5.11 Å². The Balaban J connectivity index is 2.19. The van der Waals surface area contributed by atoms with Gasteiger partial charge >= 0.3 is 0 Å². The molecule has 0 bridgehead atoms. The van der Waals surface area contributed by atoms with Crippen LogP contribution in [0.1, 0.15) is 38.1 Å². The van der Waals surface area contributed by atoms with Gasteiger partial charge in [-0.3, -0.25) is 9.58 Å². The largest absolute Gasteiger partial charge is 0.395 e. The lowest BCUT2D eigenvalue weighted by Gasteiger charge is -2.23. The molecule has 1 fully saturated rings. The predicted octanol–water partition coefficient (Wildman–Crippen LogP) is 2.18. The van der Waals surface area contributed by atoms with Gasteiger partial charge in [-0.2, -0.15) is 5.10 Å². The molecular formula is C13H22BrN3O. The zero-order valence-corrected chi connectivity index (χ0v) is 12.8. The number of likely N-dealkylation sites (tertiary alicyclic amines) is 1. The molecule has 1 aliphatic heterocycles. The number of halogens is 1. The summed E-state index contributed by atoms with van der Waals surface area (Å²) < 4.78 is 3.23. The Kier molecular flexibility index (Phi) is 4.81. The molecule has 1 N–H and O–H groups in total. The summed E-state index contributed by atoms with van der Waals surface area (Å²) in [5.74, 6) is 0. The van der Waals surface area contributed by atoms with Crippen LogP contribution in [0.15, 0.2) is 4.47 Å². The molecule has 18 heavy (non-hydrogen) atoms. The molecule has 1 aliphatic rings. The van der Waals surface area contributed by atoms with E-state index in [0.717, 1.165) is 42.6 Å². The van der Waals surface area contributed by atoms with Crippen LogP contribution in [-0.4, -0.2) is 39.0 Å². The average molecular weight is 316 g/mol. The molecule has 2 rings (SSSR count). The molecular weight excluding hydrogens is 294 g/mol. The monoisotopic (exact) mass is 315 g/mol. The molecule has 1 saturated heterocycles. The van der Waals surface area contributed by atoms with Gasteiger partial charge in [-0.15, -0.1) is 0 Å². The van der Waals surface area contributed by atoms with Crippen molar-refractivity contribution in [3.8, 4) is 0 Å². The maximum absolute atomic E-state index is 9.39. The number of hydrogen-bond acceptors (Lipinski definition) is 3. The van der Waals surface area contributed by atoms with Gasteiger partial charge in [0.2, 0.25) is 0 Å². The van der Waals surface area contributed by atoms with E-state index >= 15 is 0 Å². The standard InChI is InChI=1S/C13H22BrN3O/c1-3-11-13(14)12(17(4-2)15-11)8-16-7-5-6-10(16)9-18/h10,18H,3-9H2,1-2H3. The van der Waals surface area contributed by atoms with E-state index in [1.54, 1.807) is 0 Å². The second-order valence-electron chi connectivity index (χ2n) is 4.83. The first-order valence-electron chi connectivity index (χ1n) is 6.80. The molecule has 102 valence electrons. The number of aliphatic hydroxyl groups excluding tert-OH is 1. The zero-order valence-electron chi connectivity index (χ0n) is 11.2. The third-order valence-corrected chi connectivity index (χ3v) is 4.67. The lowest BCUT2D eigenvalue weighted by atomic mass is 10.2. The SMILES string of the molecule is CCc1nn(CC)c(CN2CCCC2CO)c1Br. The highest BCUT2D eigenvalue weighted by atomic mass is 79.9. The van der Waals surface area contributed by atoms with E-state index in [2.05, 4.69) is 44.5 Å². The van der Waals surface area contributed by atoms with Crippen LogP contribution >= 0.6 is 15.9 Å². The van der Waals surface area contributed by atoms with Gasteiger partial charge in [0.25, 0.3) is 0 Å². The molecule has 0 aromatic carbocycles. The summed E-state index contributed by atoms with van der Waals surface area (Å²) in [6.07, 6.45) is 3.24. The Labute approximate surface area is 117 Å². The fourth-order valence-electron chi connectivity index (χ4n) is 2.67. The number of aryl methyl sites for hydroxylation is 2. The third-order valence-electron chi connectivity index (χ3n) is 3.76. The fraction of sp³-hybridized carbons (Fsp3) is 0.769.